The zero-order chi connectivity index (χ0) is 21.3. The fourth-order valence-electron chi connectivity index (χ4n) is 3.00. The summed E-state index contributed by atoms with van der Waals surface area (Å²) in [7, 11) is 0. The number of unbranched alkanes of at least 4 members (excludes halogenated alkanes) is 2. The number of hydrogen-bond donors (Lipinski definition) is 0. The van der Waals surface area contributed by atoms with Crippen LogP contribution in [0.4, 0.5) is 0 Å². The average molecular weight is 405 g/mol. The van der Waals surface area contributed by atoms with Gasteiger partial charge in [0.15, 0.2) is 5.82 Å². The lowest BCUT2D eigenvalue weighted by Crippen LogP contribution is -2.26. The van der Waals surface area contributed by atoms with Crippen LogP contribution in [0.1, 0.15) is 42.4 Å². The predicted molar refractivity (Wildman–Crippen MR) is 112 cm³/mol. The summed E-state index contributed by atoms with van der Waals surface area (Å²) < 4.78 is 12.2. The highest BCUT2D eigenvalue weighted by molar-refractivity contribution is 5.89. The third-order valence-corrected chi connectivity index (χ3v) is 4.61. The molecule has 30 heavy (non-hydrogen) atoms. The normalized spacial score (nSPS) is 10.5. The fourth-order valence-corrected chi connectivity index (χ4v) is 3.00. The van der Waals surface area contributed by atoms with Crippen molar-refractivity contribution in [1.29, 1.82) is 5.26 Å². The van der Waals surface area contributed by atoms with Crippen LogP contribution in [0, 0.1) is 11.3 Å². The van der Waals surface area contributed by atoms with Gasteiger partial charge in [-0.3, -0.25) is 9.36 Å². The van der Waals surface area contributed by atoms with Crippen LogP contribution < -0.4 is 10.3 Å². The number of aromatic nitrogens is 2. The third kappa shape index (κ3) is 5.03. The molecule has 0 fully saturated rings. The van der Waals surface area contributed by atoms with Crippen molar-refractivity contribution < 1.29 is 14.3 Å². The van der Waals surface area contributed by atoms with Gasteiger partial charge < -0.3 is 9.47 Å². The minimum absolute atomic E-state index is 0.173. The molecular weight excluding hydrogens is 382 g/mol. The van der Waals surface area contributed by atoms with Crippen molar-refractivity contribution in [2.75, 3.05) is 6.61 Å². The van der Waals surface area contributed by atoms with Gasteiger partial charge in [0.1, 0.15) is 18.9 Å². The number of esters is 1. The Bertz CT molecular complexity index is 1110. The number of benzene rings is 2. The van der Waals surface area contributed by atoms with Crippen LogP contribution in [-0.4, -0.2) is 22.1 Å². The van der Waals surface area contributed by atoms with E-state index in [4.69, 9.17) is 14.7 Å². The van der Waals surface area contributed by atoms with Gasteiger partial charge in [0.25, 0.3) is 5.56 Å². The van der Waals surface area contributed by atoms with Gasteiger partial charge in [0.05, 0.1) is 29.1 Å². The van der Waals surface area contributed by atoms with E-state index in [9.17, 15) is 9.59 Å². The number of nitrogens with zero attached hydrogens (tertiary/aromatic N) is 3. The highest BCUT2D eigenvalue weighted by Gasteiger charge is 2.14. The third-order valence-electron chi connectivity index (χ3n) is 4.61. The maximum Gasteiger partial charge on any atom is 0.338 e. The van der Waals surface area contributed by atoms with E-state index in [0.29, 0.717) is 28.8 Å². The number of hydrogen-bond acceptors (Lipinski definition) is 6. The number of nitriles is 1. The van der Waals surface area contributed by atoms with E-state index in [0.717, 1.165) is 19.3 Å². The van der Waals surface area contributed by atoms with E-state index in [1.807, 2.05) is 6.07 Å². The SMILES string of the molecule is CCCCCOc1ccc(C(=O)OCc2nc3ccccc3c(=O)n2CC#N)cc1. The summed E-state index contributed by atoms with van der Waals surface area (Å²) in [4.78, 5) is 29.4. The van der Waals surface area contributed by atoms with Gasteiger partial charge >= 0.3 is 5.97 Å². The second-order valence-corrected chi connectivity index (χ2v) is 6.75. The number of para-hydroxylation sites is 1. The molecule has 7 heteroatoms. The molecule has 2 aromatic carbocycles. The van der Waals surface area contributed by atoms with Crippen LogP contribution in [-0.2, 0) is 17.9 Å². The summed E-state index contributed by atoms with van der Waals surface area (Å²) in [5, 5.41) is 9.47. The summed E-state index contributed by atoms with van der Waals surface area (Å²) in [6, 6.07) is 15.5. The summed E-state index contributed by atoms with van der Waals surface area (Å²) in [6.07, 6.45) is 3.23. The van der Waals surface area contributed by atoms with Gasteiger partial charge in [-0.15, -0.1) is 0 Å². The number of rotatable bonds is 9. The summed E-state index contributed by atoms with van der Waals surface area (Å²) in [5.74, 6) is 0.379. The number of carbonyl (C=O) groups excluding carboxylic acids is 1. The smallest absolute Gasteiger partial charge is 0.338 e. The second-order valence-electron chi connectivity index (χ2n) is 6.75. The monoisotopic (exact) mass is 405 g/mol. The molecule has 0 amide bonds. The molecule has 0 bridgehead atoms. The van der Waals surface area contributed by atoms with Crippen molar-refractivity contribution in [1.82, 2.24) is 9.55 Å². The maximum absolute atomic E-state index is 12.6. The van der Waals surface area contributed by atoms with E-state index in [1.54, 1.807) is 48.5 Å². The Balaban J connectivity index is 1.70. The van der Waals surface area contributed by atoms with Crippen LogP contribution >= 0.6 is 0 Å². The average Bonchev–Trinajstić information content (AvgIpc) is 2.78. The molecule has 3 rings (SSSR count). The Kier molecular flexibility index (Phi) is 7.17. The first-order chi connectivity index (χ1) is 14.6. The van der Waals surface area contributed by atoms with Gasteiger partial charge in [-0.2, -0.15) is 5.26 Å². The predicted octanol–water partition coefficient (Wildman–Crippen LogP) is 3.85. The summed E-state index contributed by atoms with van der Waals surface area (Å²) in [6.45, 7) is 2.39. The molecule has 154 valence electrons. The highest BCUT2D eigenvalue weighted by Crippen LogP contribution is 2.15. The molecule has 0 aliphatic carbocycles. The molecule has 0 atom stereocenters. The van der Waals surface area contributed by atoms with Gasteiger partial charge in [-0.25, -0.2) is 9.78 Å². The molecule has 0 saturated heterocycles. The van der Waals surface area contributed by atoms with Crippen molar-refractivity contribution in [3.8, 4) is 11.8 Å². The fraction of sp³-hybridized carbons (Fsp3) is 0.304. The minimum Gasteiger partial charge on any atom is -0.494 e. The minimum atomic E-state index is -0.543. The largest absolute Gasteiger partial charge is 0.494 e. The van der Waals surface area contributed by atoms with Crippen LogP contribution in [0.5, 0.6) is 5.75 Å². The molecular formula is C23H23N3O4. The van der Waals surface area contributed by atoms with E-state index in [2.05, 4.69) is 11.9 Å². The van der Waals surface area contributed by atoms with Crippen molar-refractivity contribution in [2.24, 2.45) is 0 Å². The molecule has 1 aromatic heterocycles. The van der Waals surface area contributed by atoms with Crippen LogP contribution in [0.3, 0.4) is 0 Å². The first kappa shape index (κ1) is 21.1. The van der Waals surface area contributed by atoms with E-state index in [-0.39, 0.29) is 24.5 Å². The lowest BCUT2D eigenvalue weighted by Gasteiger charge is -2.11. The van der Waals surface area contributed by atoms with Gasteiger partial charge in [-0.1, -0.05) is 31.9 Å². The number of fused-ring (bicyclic) bond motifs is 1. The Morgan fingerprint density at radius 1 is 1.13 bits per heavy atom. The van der Waals surface area contributed by atoms with Crippen molar-refractivity contribution in [3.05, 3.63) is 70.3 Å². The van der Waals surface area contributed by atoms with E-state index >= 15 is 0 Å². The van der Waals surface area contributed by atoms with Crippen LogP contribution in [0.15, 0.2) is 53.3 Å². The quantitative estimate of drug-likeness (QED) is 0.396. The molecule has 0 N–H and O–H groups in total. The number of ether oxygens (including phenoxy) is 2. The molecule has 0 saturated carbocycles. The summed E-state index contributed by atoms with van der Waals surface area (Å²) >= 11 is 0. The molecule has 1 heterocycles. The molecule has 0 radical (unpaired) electrons. The van der Waals surface area contributed by atoms with Crippen LogP contribution in [0.25, 0.3) is 10.9 Å². The molecule has 0 aliphatic heterocycles. The van der Waals surface area contributed by atoms with Crippen LogP contribution in [0.2, 0.25) is 0 Å². The Morgan fingerprint density at radius 2 is 1.90 bits per heavy atom. The Hall–Kier alpha value is -3.66. The Labute approximate surface area is 174 Å². The first-order valence-electron chi connectivity index (χ1n) is 9.89. The van der Waals surface area contributed by atoms with E-state index in [1.165, 1.54) is 4.57 Å². The zero-order valence-electron chi connectivity index (χ0n) is 16.8. The standard InChI is InChI=1S/C23H23N3O4/c1-2-3-6-15-29-18-11-9-17(10-12-18)23(28)30-16-21-25-20-8-5-4-7-19(20)22(27)26(21)14-13-24/h4-5,7-12H,2-3,6,14-16H2,1H3. The number of carbonyl (C=O) groups is 1. The topological polar surface area (TPSA) is 94.2 Å². The lowest BCUT2D eigenvalue weighted by molar-refractivity contribution is 0.0457. The van der Waals surface area contributed by atoms with Crippen molar-refractivity contribution in [3.63, 3.8) is 0 Å². The molecule has 0 unspecified atom stereocenters. The van der Waals surface area contributed by atoms with Crippen molar-refractivity contribution in [2.45, 2.75) is 39.3 Å². The molecule has 3 aromatic rings. The van der Waals surface area contributed by atoms with Gasteiger partial charge in [0.2, 0.25) is 0 Å². The second kappa shape index (κ2) is 10.2. The van der Waals surface area contributed by atoms with Crippen molar-refractivity contribution >= 4 is 16.9 Å². The molecule has 7 nitrogen and oxygen atoms in total. The Morgan fingerprint density at radius 3 is 2.63 bits per heavy atom. The van der Waals surface area contributed by atoms with Gasteiger partial charge in [0, 0.05) is 0 Å². The zero-order valence-corrected chi connectivity index (χ0v) is 16.8. The lowest BCUT2D eigenvalue weighted by atomic mass is 10.2. The highest BCUT2D eigenvalue weighted by atomic mass is 16.5. The molecule has 0 aliphatic rings. The summed E-state index contributed by atoms with van der Waals surface area (Å²) in [5.41, 5.74) is 0.524. The molecule has 0 spiro atoms. The first-order valence-corrected chi connectivity index (χ1v) is 9.89. The van der Waals surface area contributed by atoms with Gasteiger partial charge in [-0.05, 0) is 42.8 Å². The maximum atomic E-state index is 12.6. The van der Waals surface area contributed by atoms with E-state index < -0.39 is 5.97 Å².